The van der Waals surface area contributed by atoms with Gasteiger partial charge in [-0.05, 0) is 69.2 Å². The molecule has 2 N–H and O–H groups in total. The summed E-state index contributed by atoms with van der Waals surface area (Å²) < 4.78 is 67.4. The molecule has 2 aliphatic heterocycles. The second kappa shape index (κ2) is 10.1. The van der Waals surface area contributed by atoms with Crippen molar-refractivity contribution < 1.29 is 36.3 Å². The third kappa shape index (κ3) is 5.69. The van der Waals surface area contributed by atoms with E-state index in [1.54, 1.807) is 5.48 Å². The monoisotopic (exact) mass is 519 g/mol. The van der Waals surface area contributed by atoms with Crippen molar-refractivity contribution in [3.63, 3.8) is 0 Å². The summed E-state index contributed by atoms with van der Waals surface area (Å²) in [5.41, 5.74) is 2.30. The van der Waals surface area contributed by atoms with Gasteiger partial charge in [-0.15, -0.1) is 13.2 Å². The summed E-state index contributed by atoms with van der Waals surface area (Å²) in [6.07, 6.45) is -0.214. The van der Waals surface area contributed by atoms with Crippen LogP contribution in [-0.4, -0.2) is 73.0 Å². The maximum absolute atomic E-state index is 13.9. The molecule has 196 valence electrons. The number of hydrogen-bond donors (Lipinski definition) is 2. The third-order valence-electron chi connectivity index (χ3n) is 7.53. The summed E-state index contributed by atoms with van der Waals surface area (Å²) in [6, 6.07) is 6.01. The topological polar surface area (TPSA) is 99.2 Å². The molecule has 3 aliphatic rings. The molecular formula is C23H32F3N3O5S. The molecule has 1 aliphatic carbocycles. The summed E-state index contributed by atoms with van der Waals surface area (Å²) in [5, 5.41) is 8.67. The van der Waals surface area contributed by atoms with Gasteiger partial charge in [-0.2, -0.15) is 0 Å². The standard InChI is InChI=1S/C23H32F3N3O5S/c24-23(25,26)34-19-8-6-18(7-9-19)28-13-2-1-3-20(10-14-28)35(32,33)22(21(30)27-31)11-15-29(16-12-22)17-4-5-17/h6-9,17,20,31H,1-5,10-16H2,(H,27,30). The van der Waals surface area contributed by atoms with E-state index in [2.05, 4.69) is 9.64 Å². The molecule has 3 fully saturated rings. The van der Waals surface area contributed by atoms with Crippen molar-refractivity contribution in [2.75, 3.05) is 31.1 Å². The Bertz CT molecular complexity index is 991. The highest BCUT2D eigenvalue weighted by Crippen LogP contribution is 2.40. The third-order valence-corrected chi connectivity index (χ3v) is 10.6. The summed E-state index contributed by atoms with van der Waals surface area (Å²) >= 11 is 0. The molecule has 0 bridgehead atoms. The largest absolute Gasteiger partial charge is 0.573 e. The molecule has 0 aromatic heterocycles. The van der Waals surface area contributed by atoms with E-state index in [1.807, 2.05) is 4.90 Å². The Morgan fingerprint density at radius 1 is 1.00 bits per heavy atom. The Hall–Kier alpha value is -2.05. The second-order valence-corrected chi connectivity index (χ2v) is 12.2. The number of carbonyl (C=O) groups excluding carboxylic acids is 1. The van der Waals surface area contributed by atoms with Gasteiger partial charge in [0.25, 0.3) is 5.91 Å². The number of hydroxylamine groups is 1. The predicted octanol–water partition coefficient (Wildman–Crippen LogP) is 3.25. The minimum absolute atomic E-state index is 0.152. The zero-order valence-corrected chi connectivity index (χ0v) is 20.3. The Labute approximate surface area is 203 Å². The first kappa shape index (κ1) is 26.0. The second-order valence-electron chi connectivity index (χ2n) is 9.68. The number of amides is 1. The number of benzene rings is 1. The lowest BCUT2D eigenvalue weighted by Gasteiger charge is -2.42. The van der Waals surface area contributed by atoms with Crippen molar-refractivity contribution in [1.82, 2.24) is 10.4 Å². The number of rotatable bonds is 6. The van der Waals surface area contributed by atoms with Gasteiger partial charge in [0.15, 0.2) is 14.6 Å². The smallest absolute Gasteiger partial charge is 0.406 e. The lowest BCUT2D eigenvalue weighted by atomic mass is 9.94. The summed E-state index contributed by atoms with van der Waals surface area (Å²) in [7, 11) is -3.93. The number of alkyl halides is 3. The molecule has 2 saturated heterocycles. The molecule has 12 heteroatoms. The molecule has 2 heterocycles. The molecule has 1 saturated carbocycles. The van der Waals surface area contributed by atoms with E-state index < -0.39 is 32.1 Å². The molecule has 8 nitrogen and oxygen atoms in total. The van der Waals surface area contributed by atoms with E-state index in [4.69, 9.17) is 0 Å². The van der Waals surface area contributed by atoms with Crippen molar-refractivity contribution in [2.45, 2.75) is 73.8 Å². The Kier molecular flexibility index (Phi) is 7.54. The minimum Gasteiger partial charge on any atom is -0.406 e. The van der Waals surface area contributed by atoms with Crippen LogP contribution in [0.15, 0.2) is 24.3 Å². The first-order valence-corrected chi connectivity index (χ1v) is 13.6. The van der Waals surface area contributed by atoms with Crippen molar-refractivity contribution in [3.05, 3.63) is 24.3 Å². The molecule has 1 amide bonds. The van der Waals surface area contributed by atoms with E-state index in [9.17, 15) is 31.6 Å². The Morgan fingerprint density at radius 3 is 2.23 bits per heavy atom. The zero-order valence-electron chi connectivity index (χ0n) is 19.5. The average Bonchev–Trinajstić information content (AvgIpc) is 3.63. The minimum atomic E-state index is -4.77. The number of nitrogens with zero attached hydrogens (tertiary/aromatic N) is 2. The van der Waals surface area contributed by atoms with Gasteiger partial charge in [0.2, 0.25) is 0 Å². The van der Waals surface area contributed by atoms with Crippen LogP contribution in [-0.2, 0) is 14.6 Å². The van der Waals surface area contributed by atoms with E-state index in [0.717, 1.165) is 12.8 Å². The molecule has 4 rings (SSSR count). The average molecular weight is 520 g/mol. The lowest BCUT2D eigenvalue weighted by molar-refractivity contribution is -0.274. The van der Waals surface area contributed by atoms with Crippen LogP contribution in [0.3, 0.4) is 0 Å². The van der Waals surface area contributed by atoms with E-state index in [-0.39, 0.29) is 25.0 Å². The number of nitrogens with one attached hydrogen (secondary N) is 1. The quantitative estimate of drug-likeness (QED) is 0.440. The summed E-state index contributed by atoms with van der Waals surface area (Å²) in [5.74, 6) is -1.17. The maximum atomic E-state index is 13.9. The summed E-state index contributed by atoms with van der Waals surface area (Å²) in [4.78, 5) is 17.0. The molecule has 1 unspecified atom stereocenters. The Balaban J connectivity index is 1.48. The van der Waals surface area contributed by atoms with Gasteiger partial charge < -0.3 is 14.5 Å². The number of anilines is 1. The molecule has 0 radical (unpaired) electrons. The van der Waals surface area contributed by atoms with E-state index in [0.29, 0.717) is 57.2 Å². The van der Waals surface area contributed by atoms with Gasteiger partial charge in [-0.3, -0.25) is 10.0 Å². The highest BCUT2D eigenvalue weighted by molar-refractivity contribution is 7.94. The van der Waals surface area contributed by atoms with Crippen LogP contribution in [0, 0.1) is 0 Å². The fourth-order valence-electron chi connectivity index (χ4n) is 5.41. The van der Waals surface area contributed by atoms with Crippen LogP contribution < -0.4 is 15.1 Å². The van der Waals surface area contributed by atoms with Gasteiger partial charge >= 0.3 is 6.36 Å². The van der Waals surface area contributed by atoms with Crippen LogP contribution >= 0.6 is 0 Å². The van der Waals surface area contributed by atoms with Crippen LogP contribution in [0.5, 0.6) is 5.75 Å². The molecular weight excluding hydrogens is 487 g/mol. The van der Waals surface area contributed by atoms with Gasteiger partial charge in [-0.1, -0.05) is 6.42 Å². The Morgan fingerprint density at radius 2 is 1.66 bits per heavy atom. The molecule has 0 spiro atoms. The first-order chi connectivity index (χ1) is 16.6. The zero-order chi connectivity index (χ0) is 25.3. The fourth-order valence-corrected chi connectivity index (χ4v) is 8.00. The number of hydrogen-bond acceptors (Lipinski definition) is 7. The fraction of sp³-hybridized carbons (Fsp3) is 0.696. The molecule has 1 aromatic rings. The summed E-state index contributed by atoms with van der Waals surface area (Å²) in [6.45, 7) is 2.03. The van der Waals surface area contributed by atoms with E-state index in [1.165, 1.54) is 24.3 Å². The van der Waals surface area contributed by atoms with Gasteiger partial charge in [-0.25, -0.2) is 13.9 Å². The van der Waals surface area contributed by atoms with Crippen molar-refractivity contribution in [3.8, 4) is 5.75 Å². The van der Waals surface area contributed by atoms with Gasteiger partial charge in [0.1, 0.15) is 5.75 Å². The normalized spacial score (nSPS) is 24.3. The number of carbonyl (C=O) groups is 1. The van der Waals surface area contributed by atoms with Crippen molar-refractivity contribution in [1.29, 1.82) is 0 Å². The molecule has 1 aromatic carbocycles. The number of halogens is 3. The number of sulfone groups is 1. The van der Waals surface area contributed by atoms with Crippen molar-refractivity contribution >= 4 is 21.4 Å². The van der Waals surface area contributed by atoms with Crippen LogP contribution in [0.2, 0.25) is 0 Å². The van der Waals surface area contributed by atoms with Gasteiger partial charge in [0.05, 0.1) is 5.25 Å². The number of likely N-dealkylation sites (tertiary alicyclic amines) is 1. The van der Waals surface area contributed by atoms with Crippen LogP contribution in [0.4, 0.5) is 18.9 Å². The first-order valence-electron chi connectivity index (χ1n) is 12.1. The number of ether oxygens (including phenoxy) is 1. The van der Waals surface area contributed by atoms with Crippen molar-refractivity contribution in [2.24, 2.45) is 0 Å². The van der Waals surface area contributed by atoms with E-state index >= 15 is 0 Å². The van der Waals surface area contributed by atoms with Crippen LogP contribution in [0.1, 0.15) is 51.4 Å². The molecule has 1 atom stereocenters. The lowest BCUT2D eigenvalue weighted by Crippen LogP contribution is -2.60. The maximum Gasteiger partial charge on any atom is 0.573 e. The van der Waals surface area contributed by atoms with Crippen LogP contribution in [0.25, 0.3) is 0 Å². The van der Waals surface area contributed by atoms with Gasteiger partial charge in [0, 0.05) is 37.9 Å². The number of piperidine rings is 1. The molecule has 35 heavy (non-hydrogen) atoms. The highest BCUT2D eigenvalue weighted by Gasteiger charge is 2.55. The highest BCUT2D eigenvalue weighted by atomic mass is 32.2. The SMILES string of the molecule is O=C(NO)C1(S(=O)(=O)C2CCCCN(c3ccc(OC(F)(F)F)cc3)CC2)CCN(C2CC2)CC1. The predicted molar refractivity (Wildman–Crippen MR) is 123 cm³/mol.